The van der Waals surface area contributed by atoms with Gasteiger partial charge in [0.15, 0.2) is 0 Å². The number of carbonyl (C=O) groups excluding carboxylic acids is 2. The number of methoxy groups -OCH3 is 1. The lowest BCUT2D eigenvalue weighted by molar-refractivity contribution is -0.141. The Labute approximate surface area is 189 Å². The Morgan fingerprint density at radius 1 is 1.16 bits per heavy atom. The van der Waals surface area contributed by atoms with Gasteiger partial charge in [-0.1, -0.05) is 54.2 Å². The van der Waals surface area contributed by atoms with E-state index in [1.54, 1.807) is 6.07 Å². The van der Waals surface area contributed by atoms with E-state index >= 15 is 0 Å². The molecule has 0 radical (unpaired) electrons. The van der Waals surface area contributed by atoms with Gasteiger partial charge in [-0.3, -0.25) is 9.59 Å². The molecule has 1 N–H and O–H groups in total. The standard InChI is InChI=1S/C23H20Cl2FNO4/c1-31-22-15(10-12(24)11-16(22)25)20(28)18-19(14-8-4-5-9-17(14)26)27(23(30)21(18)29)13-6-2-3-7-13/h4-5,8-11,13,19,28H,2-3,6-7H2,1H3/b20-18+. The molecule has 0 bridgehead atoms. The number of rotatable bonds is 4. The van der Waals surface area contributed by atoms with Crippen LogP contribution in [-0.2, 0) is 9.59 Å². The van der Waals surface area contributed by atoms with Crippen molar-refractivity contribution in [3.8, 4) is 5.75 Å². The summed E-state index contributed by atoms with van der Waals surface area (Å²) >= 11 is 12.3. The summed E-state index contributed by atoms with van der Waals surface area (Å²) in [4.78, 5) is 27.6. The molecule has 2 fully saturated rings. The van der Waals surface area contributed by atoms with Crippen molar-refractivity contribution in [2.24, 2.45) is 0 Å². The first-order valence-corrected chi connectivity index (χ1v) is 10.7. The van der Waals surface area contributed by atoms with Crippen LogP contribution in [0.4, 0.5) is 4.39 Å². The lowest BCUT2D eigenvalue weighted by Crippen LogP contribution is -2.38. The van der Waals surface area contributed by atoms with Crippen LogP contribution >= 0.6 is 23.2 Å². The van der Waals surface area contributed by atoms with E-state index in [4.69, 9.17) is 27.9 Å². The fourth-order valence-corrected chi connectivity index (χ4v) is 5.07. The van der Waals surface area contributed by atoms with Crippen molar-refractivity contribution in [2.75, 3.05) is 7.11 Å². The maximum absolute atomic E-state index is 14.8. The molecule has 4 rings (SSSR count). The Bertz CT molecular complexity index is 1090. The van der Waals surface area contributed by atoms with Crippen molar-refractivity contribution in [1.82, 2.24) is 4.90 Å². The molecular formula is C23H20Cl2FNO4. The summed E-state index contributed by atoms with van der Waals surface area (Å²) in [5.74, 6) is -2.61. The molecule has 5 nitrogen and oxygen atoms in total. The van der Waals surface area contributed by atoms with Crippen molar-refractivity contribution in [3.63, 3.8) is 0 Å². The SMILES string of the molecule is COc1c(Cl)cc(Cl)cc1/C(O)=C1\C(=O)C(=O)N(C2CCCC2)C1c1ccccc1F. The van der Waals surface area contributed by atoms with Crippen molar-refractivity contribution in [3.05, 3.63) is 69.0 Å². The molecule has 1 amide bonds. The first-order chi connectivity index (χ1) is 14.8. The molecule has 31 heavy (non-hydrogen) atoms. The van der Waals surface area contributed by atoms with Crippen LogP contribution in [0.25, 0.3) is 5.76 Å². The minimum atomic E-state index is -1.06. The highest BCUT2D eigenvalue weighted by molar-refractivity contribution is 6.47. The molecule has 1 heterocycles. The number of aliphatic hydroxyl groups is 1. The maximum atomic E-state index is 14.8. The molecule has 0 aromatic heterocycles. The van der Waals surface area contributed by atoms with Gasteiger partial charge in [0.25, 0.3) is 11.7 Å². The van der Waals surface area contributed by atoms with Crippen LogP contribution in [0.5, 0.6) is 5.75 Å². The zero-order chi connectivity index (χ0) is 22.3. The molecule has 1 atom stereocenters. The molecular weight excluding hydrogens is 444 g/mol. The summed E-state index contributed by atoms with van der Waals surface area (Å²) in [6.45, 7) is 0. The summed E-state index contributed by atoms with van der Waals surface area (Å²) in [6.07, 6.45) is 3.25. The monoisotopic (exact) mass is 463 g/mol. The number of amides is 1. The molecule has 0 spiro atoms. The maximum Gasteiger partial charge on any atom is 0.295 e. The number of aliphatic hydroxyl groups excluding tert-OH is 1. The smallest absolute Gasteiger partial charge is 0.295 e. The van der Waals surface area contributed by atoms with Gasteiger partial charge in [0.1, 0.15) is 17.3 Å². The average molecular weight is 464 g/mol. The number of ether oxygens (including phenoxy) is 1. The molecule has 8 heteroatoms. The zero-order valence-electron chi connectivity index (χ0n) is 16.7. The Balaban J connectivity index is 1.98. The number of hydrogen-bond donors (Lipinski definition) is 1. The normalized spacial score (nSPS) is 21.2. The number of ketones is 1. The fraction of sp³-hybridized carbons (Fsp3) is 0.304. The van der Waals surface area contributed by atoms with Crippen LogP contribution in [0, 0.1) is 5.82 Å². The van der Waals surface area contributed by atoms with E-state index in [0.29, 0.717) is 12.8 Å². The number of hydrogen-bond acceptors (Lipinski definition) is 4. The highest BCUT2D eigenvalue weighted by Crippen LogP contribution is 2.46. The third kappa shape index (κ3) is 3.68. The van der Waals surface area contributed by atoms with Crippen LogP contribution in [0.15, 0.2) is 42.0 Å². The van der Waals surface area contributed by atoms with Crippen molar-refractivity contribution in [2.45, 2.75) is 37.8 Å². The van der Waals surface area contributed by atoms with E-state index in [9.17, 15) is 19.1 Å². The quantitative estimate of drug-likeness (QED) is 0.369. The second kappa shape index (κ2) is 8.52. The molecule has 2 aromatic rings. The highest BCUT2D eigenvalue weighted by atomic mass is 35.5. The van der Waals surface area contributed by atoms with E-state index in [1.807, 2.05) is 0 Å². The Kier molecular flexibility index (Phi) is 5.95. The van der Waals surface area contributed by atoms with Gasteiger partial charge in [-0.15, -0.1) is 0 Å². The summed E-state index contributed by atoms with van der Waals surface area (Å²) in [5.41, 5.74) is -0.00774. The van der Waals surface area contributed by atoms with Crippen LogP contribution in [0.2, 0.25) is 10.0 Å². The summed E-state index contributed by atoms with van der Waals surface area (Å²) < 4.78 is 20.1. The molecule has 1 unspecified atom stereocenters. The fourth-order valence-electron chi connectivity index (χ4n) is 4.50. The van der Waals surface area contributed by atoms with E-state index < -0.39 is 29.3 Å². The second-order valence-electron chi connectivity index (χ2n) is 7.63. The van der Waals surface area contributed by atoms with Crippen molar-refractivity contribution in [1.29, 1.82) is 0 Å². The van der Waals surface area contributed by atoms with Gasteiger partial charge in [0.05, 0.1) is 29.3 Å². The van der Waals surface area contributed by atoms with Gasteiger partial charge in [-0.05, 0) is 31.0 Å². The van der Waals surface area contributed by atoms with Gasteiger partial charge in [0.2, 0.25) is 0 Å². The van der Waals surface area contributed by atoms with E-state index in [0.717, 1.165) is 12.8 Å². The molecule has 1 saturated carbocycles. The lowest BCUT2D eigenvalue weighted by Gasteiger charge is -2.31. The van der Waals surface area contributed by atoms with Gasteiger partial charge >= 0.3 is 0 Å². The molecule has 2 aliphatic rings. The highest BCUT2D eigenvalue weighted by Gasteiger charge is 2.50. The first-order valence-electron chi connectivity index (χ1n) is 9.93. The van der Waals surface area contributed by atoms with Gasteiger partial charge in [0, 0.05) is 16.6 Å². The topological polar surface area (TPSA) is 66.8 Å². The van der Waals surface area contributed by atoms with Crippen LogP contribution in [0.3, 0.4) is 0 Å². The average Bonchev–Trinajstić information content (AvgIpc) is 3.34. The van der Waals surface area contributed by atoms with Crippen molar-refractivity contribution >= 4 is 40.7 Å². The summed E-state index contributed by atoms with van der Waals surface area (Å²) in [6, 6.07) is 7.49. The predicted octanol–water partition coefficient (Wildman–Crippen LogP) is 5.51. The van der Waals surface area contributed by atoms with Crippen LogP contribution in [0.1, 0.15) is 42.9 Å². The number of nitrogens with zero attached hydrogens (tertiary/aromatic N) is 1. The zero-order valence-corrected chi connectivity index (χ0v) is 18.2. The van der Waals surface area contributed by atoms with Crippen LogP contribution < -0.4 is 4.74 Å². The van der Waals surface area contributed by atoms with Gasteiger partial charge in [-0.25, -0.2) is 4.39 Å². The van der Waals surface area contributed by atoms with Crippen LogP contribution in [-0.4, -0.2) is 34.8 Å². The van der Waals surface area contributed by atoms with E-state index in [1.165, 1.54) is 42.3 Å². The predicted molar refractivity (Wildman–Crippen MR) is 116 cm³/mol. The Morgan fingerprint density at radius 3 is 2.48 bits per heavy atom. The lowest BCUT2D eigenvalue weighted by atomic mass is 9.94. The second-order valence-corrected chi connectivity index (χ2v) is 8.48. The molecule has 1 saturated heterocycles. The van der Waals surface area contributed by atoms with E-state index in [2.05, 4.69) is 0 Å². The largest absolute Gasteiger partial charge is 0.507 e. The molecule has 2 aromatic carbocycles. The third-order valence-electron chi connectivity index (χ3n) is 5.87. The Hall–Kier alpha value is -2.57. The number of likely N-dealkylation sites (tertiary alicyclic amines) is 1. The molecule has 1 aliphatic heterocycles. The third-order valence-corrected chi connectivity index (χ3v) is 6.36. The summed E-state index contributed by atoms with van der Waals surface area (Å²) in [5, 5.41) is 11.5. The minimum Gasteiger partial charge on any atom is -0.507 e. The number of benzene rings is 2. The Morgan fingerprint density at radius 2 is 1.84 bits per heavy atom. The van der Waals surface area contributed by atoms with Crippen molar-refractivity contribution < 1.29 is 23.8 Å². The minimum absolute atomic E-state index is 0.0609. The van der Waals surface area contributed by atoms with Gasteiger partial charge < -0.3 is 14.7 Å². The number of Topliss-reactive ketones (excluding diaryl/α,β-unsaturated/α-hetero) is 1. The molecule has 1 aliphatic carbocycles. The number of carbonyl (C=O) groups is 2. The number of halogens is 3. The first kappa shape index (κ1) is 21.7. The van der Waals surface area contributed by atoms with E-state index in [-0.39, 0.29) is 38.5 Å². The summed E-state index contributed by atoms with van der Waals surface area (Å²) in [7, 11) is 1.36. The molecule has 162 valence electrons. The van der Waals surface area contributed by atoms with Gasteiger partial charge in [-0.2, -0.15) is 0 Å².